The van der Waals surface area contributed by atoms with Gasteiger partial charge in [-0.1, -0.05) is 0 Å². The zero-order valence-electron chi connectivity index (χ0n) is 14.0. The fourth-order valence-electron chi connectivity index (χ4n) is 2.39. The van der Waals surface area contributed by atoms with E-state index in [-0.39, 0.29) is 11.7 Å². The topological polar surface area (TPSA) is 85.8 Å². The fourth-order valence-corrected chi connectivity index (χ4v) is 3.57. The Morgan fingerprint density at radius 3 is 2.67 bits per heavy atom. The third kappa shape index (κ3) is 6.31. The molecule has 2 rings (SSSR count). The second-order valence-corrected chi connectivity index (χ2v) is 6.99. The lowest BCUT2D eigenvalue weighted by Gasteiger charge is -2.13. The SMILES string of the molecule is CCNC(=NCC1CCCS1)NCCNC(=O)c1ccc(O)cc1. The van der Waals surface area contributed by atoms with Gasteiger partial charge in [0.15, 0.2) is 5.96 Å². The Bertz CT molecular complexity index is 542. The summed E-state index contributed by atoms with van der Waals surface area (Å²) in [6, 6.07) is 6.21. The highest BCUT2D eigenvalue weighted by atomic mass is 32.2. The quantitative estimate of drug-likeness (QED) is 0.341. The van der Waals surface area contributed by atoms with Crippen molar-refractivity contribution in [1.82, 2.24) is 16.0 Å². The van der Waals surface area contributed by atoms with E-state index < -0.39 is 0 Å². The molecule has 1 amide bonds. The second-order valence-electron chi connectivity index (χ2n) is 5.58. The van der Waals surface area contributed by atoms with Crippen LogP contribution < -0.4 is 16.0 Å². The number of aliphatic imine (C=N–C) groups is 1. The van der Waals surface area contributed by atoms with Gasteiger partial charge in [-0.05, 0) is 49.8 Å². The standard InChI is InChI=1S/C17H26N4O2S/c1-2-18-17(21-12-15-4-3-11-24-15)20-10-9-19-16(23)13-5-7-14(22)8-6-13/h5-8,15,22H,2-4,9-12H2,1H3,(H,19,23)(H2,18,20,21). The number of hydrogen-bond acceptors (Lipinski definition) is 4. The van der Waals surface area contributed by atoms with Crippen molar-refractivity contribution in [1.29, 1.82) is 0 Å². The van der Waals surface area contributed by atoms with Gasteiger partial charge in [0.25, 0.3) is 5.91 Å². The van der Waals surface area contributed by atoms with Crippen molar-refractivity contribution in [3.05, 3.63) is 29.8 Å². The summed E-state index contributed by atoms with van der Waals surface area (Å²) >= 11 is 2.00. The summed E-state index contributed by atoms with van der Waals surface area (Å²) in [6.07, 6.45) is 2.54. The first-order valence-electron chi connectivity index (χ1n) is 8.40. The van der Waals surface area contributed by atoms with Crippen LogP contribution in [0.25, 0.3) is 0 Å². The number of nitrogens with zero attached hydrogens (tertiary/aromatic N) is 1. The summed E-state index contributed by atoms with van der Waals surface area (Å²) in [5.41, 5.74) is 0.534. The van der Waals surface area contributed by atoms with Gasteiger partial charge in [-0.25, -0.2) is 0 Å². The molecular weight excluding hydrogens is 324 g/mol. The highest BCUT2D eigenvalue weighted by molar-refractivity contribution is 8.00. The van der Waals surface area contributed by atoms with E-state index in [2.05, 4.69) is 20.9 Å². The van der Waals surface area contributed by atoms with Crippen LogP contribution in [0.1, 0.15) is 30.1 Å². The van der Waals surface area contributed by atoms with Crippen molar-refractivity contribution in [3.63, 3.8) is 0 Å². The average molecular weight is 350 g/mol. The van der Waals surface area contributed by atoms with Gasteiger partial charge in [0.2, 0.25) is 0 Å². The second kappa shape index (κ2) is 10.1. The summed E-state index contributed by atoms with van der Waals surface area (Å²) in [7, 11) is 0. The molecule has 6 nitrogen and oxygen atoms in total. The van der Waals surface area contributed by atoms with Crippen LogP contribution in [0.5, 0.6) is 5.75 Å². The molecule has 0 radical (unpaired) electrons. The number of guanidine groups is 1. The Morgan fingerprint density at radius 1 is 1.25 bits per heavy atom. The number of hydrogen-bond donors (Lipinski definition) is 4. The Labute approximate surface area is 147 Å². The van der Waals surface area contributed by atoms with E-state index in [1.165, 1.54) is 30.7 Å². The number of phenols is 1. The van der Waals surface area contributed by atoms with Crippen LogP contribution in [-0.4, -0.2) is 54.2 Å². The van der Waals surface area contributed by atoms with Crippen LogP contribution in [0.15, 0.2) is 29.3 Å². The smallest absolute Gasteiger partial charge is 0.251 e. The highest BCUT2D eigenvalue weighted by Crippen LogP contribution is 2.25. The van der Waals surface area contributed by atoms with Gasteiger partial charge in [0, 0.05) is 30.4 Å². The van der Waals surface area contributed by atoms with Gasteiger partial charge in [-0.15, -0.1) is 0 Å². The summed E-state index contributed by atoms with van der Waals surface area (Å²) in [5.74, 6) is 2.04. The van der Waals surface area contributed by atoms with Crippen LogP contribution in [0.4, 0.5) is 0 Å². The number of phenolic OH excluding ortho intramolecular Hbond substituents is 1. The first-order valence-corrected chi connectivity index (χ1v) is 9.45. The Balaban J connectivity index is 1.70. The molecule has 1 saturated heterocycles. The number of amides is 1. The molecule has 1 aromatic rings. The van der Waals surface area contributed by atoms with Crippen LogP contribution in [0.3, 0.4) is 0 Å². The zero-order chi connectivity index (χ0) is 17.2. The lowest BCUT2D eigenvalue weighted by atomic mass is 10.2. The summed E-state index contributed by atoms with van der Waals surface area (Å²) < 4.78 is 0. The largest absolute Gasteiger partial charge is 0.508 e. The summed E-state index contributed by atoms with van der Waals surface area (Å²) in [5, 5.41) is 19.2. The van der Waals surface area contributed by atoms with Gasteiger partial charge in [0.1, 0.15) is 5.75 Å². The molecular formula is C17H26N4O2S. The van der Waals surface area contributed by atoms with Crippen LogP contribution >= 0.6 is 11.8 Å². The Kier molecular flexibility index (Phi) is 7.74. The molecule has 1 aliphatic rings. The molecule has 0 bridgehead atoms. The molecule has 7 heteroatoms. The van der Waals surface area contributed by atoms with Crippen molar-refractivity contribution in [2.24, 2.45) is 4.99 Å². The minimum atomic E-state index is -0.152. The fraction of sp³-hybridized carbons (Fsp3) is 0.529. The minimum absolute atomic E-state index is 0.152. The molecule has 1 heterocycles. The molecule has 132 valence electrons. The van der Waals surface area contributed by atoms with E-state index in [4.69, 9.17) is 0 Å². The number of carbonyl (C=O) groups is 1. The molecule has 1 unspecified atom stereocenters. The third-order valence-corrected chi connectivity index (χ3v) is 5.03. The van der Waals surface area contributed by atoms with Gasteiger partial charge in [0.05, 0.1) is 6.54 Å². The van der Waals surface area contributed by atoms with E-state index in [9.17, 15) is 9.90 Å². The molecule has 1 fully saturated rings. The highest BCUT2D eigenvalue weighted by Gasteiger charge is 2.14. The van der Waals surface area contributed by atoms with Gasteiger partial charge < -0.3 is 21.1 Å². The van der Waals surface area contributed by atoms with E-state index in [1.807, 2.05) is 18.7 Å². The van der Waals surface area contributed by atoms with Crippen LogP contribution in [0, 0.1) is 0 Å². The maximum absolute atomic E-state index is 12.0. The van der Waals surface area contributed by atoms with E-state index in [1.54, 1.807) is 12.1 Å². The van der Waals surface area contributed by atoms with Gasteiger partial charge in [-0.3, -0.25) is 9.79 Å². The van der Waals surface area contributed by atoms with Crippen molar-refractivity contribution in [2.75, 3.05) is 31.9 Å². The molecule has 0 aliphatic carbocycles. The number of aromatic hydroxyl groups is 1. The van der Waals surface area contributed by atoms with E-state index in [0.717, 1.165) is 19.0 Å². The number of nitrogens with one attached hydrogen (secondary N) is 3. The van der Waals surface area contributed by atoms with Crippen molar-refractivity contribution < 1.29 is 9.90 Å². The third-order valence-electron chi connectivity index (χ3n) is 3.65. The van der Waals surface area contributed by atoms with Gasteiger partial charge >= 0.3 is 0 Å². The number of benzene rings is 1. The maximum Gasteiger partial charge on any atom is 0.251 e. The number of rotatable bonds is 7. The molecule has 1 aromatic carbocycles. The van der Waals surface area contributed by atoms with Crippen molar-refractivity contribution in [3.8, 4) is 5.75 Å². The Morgan fingerprint density at radius 2 is 2.00 bits per heavy atom. The van der Waals surface area contributed by atoms with E-state index >= 15 is 0 Å². The lowest BCUT2D eigenvalue weighted by molar-refractivity contribution is 0.0954. The Hall–Kier alpha value is -1.89. The minimum Gasteiger partial charge on any atom is -0.508 e. The molecule has 4 N–H and O–H groups in total. The number of thioether (sulfide) groups is 1. The first kappa shape index (κ1) is 18.4. The zero-order valence-corrected chi connectivity index (χ0v) is 14.9. The average Bonchev–Trinajstić information content (AvgIpc) is 3.10. The lowest BCUT2D eigenvalue weighted by Crippen LogP contribution is -2.41. The maximum atomic E-state index is 12.0. The summed E-state index contributed by atoms with van der Waals surface area (Å²) in [6.45, 7) is 4.78. The van der Waals surface area contributed by atoms with Gasteiger partial charge in [-0.2, -0.15) is 11.8 Å². The monoisotopic (exact) mass is 350 g/mol. The first-order chi connectivity index (χ1) is 11.7. The molecule has 0 spiro atoms. The predicted molar refractivity (Wildman–Crippen MR) is 99.9 cm³/mol. The molecule has 0 saturated carbocycles. The summed E-state index contributed by atoms with van der Waals surface area (Å²) in [4.78, 5) is 16.6. The van der Waals surface area contributed by atoms with Crippen molar-refractivity contribution >= 4 is 23.6 Å². The van der Waals surface area contributed by atoms with E-state index in [0.29, 0.717) is 23.9 Å². The molecule has 1 atom stereocenters. The normalized spacial score (nSPS) is 17.5. The number of carbonyl (C=O) groups excluding carboxylic acids is 1. The van der Waals surface area contributed by atoms with Crippen LogP contribution in [0.2, 0.25) is 0 Å². The van der Waals surface area contributed by atoms with Crippen molar-refractivity contribution in [2.45, 2.75) is 25.0 Å². The molecule has 24 heavy (non-hydrogen) atoms. The van der Waals surface area contributed by atoms with Crippen LogP contribution in [-0.2, 0) is 0 Å². The molecule has 1 aliphatic heterocycles. The molecule has 0 aromatic heterocycles. The predicted octanol–water partition coefficient (Wildman–Crippen LogP) is 1.57.